The molecule has 1 aromatic heterocycles. The first-order chi connectivity index (χ1) is 9.16. The van der Waals surface area contributed by atoms with Gasteiger partial charge < -0.3 is 5.73 Å². The Morgan fingerprint density at radius 2 is 2.11 bits per heavy atom. The number of rotatable bonds is 2. The second-order valence-electron chi connectivity index (χ2n) is 5.58. The molecule has 0 aliphatic heterocycles. The molecule has 0 saturated carbocycles. The minimum atomic E-state index is 0.0519. The van der Waals surface area contributed by atoms with Crippen LogP contribution in [0.5, 0.6) is 0 Å². The first kappa shape index (κ1) is 12.4. The van der Waals surface area contributed by atoms with E-state index < -0.39 is 0 Å². The summed E-state index contributed by atoms with van der Waals surface area (Å²) in [6.45, 7) is 4.26. The molecule has 0 saturated heterocycles. The molecule has 19 heavy (non-hydrogen) atoms. The standard InChI is InChI=1S/C17H20N2/c1-11-5-6-12(2)15(10-11)16(18)14-8-7-13-4-3-9-19-17(13)14/h3-6,9-10,14,16H,7-8,18H2,1-2H3. The largest absolute Gasteiger partial charge is 0.323 e. The van der Waals surface area contributed by atoms with Crippen molar-refractivity contribution in [3.8, 4) is 0 Å². The Bertz CT molecular complexity index is 604. The lowest BCUT2D eigenvalue weighted by molar-refractivity contribution is 0.539. The highest BCUT2D eigenvalue weighted by atomic mass is 14.8. The summed E-state index contributed by atoms with van der Waals surface area (Å²) < 4.78 is 0. The second kappa shape index (κ2) is 4.78. The van der Waals surface area contributed by atoms with Crippen LogP contribution in [-0.4, -0.2) is 4.98 Å². The number of hydrogen-bond donors (Lipinski definition) is 1. The van der Waals surface area contributed by atoms with E-state index >= 15 is 0 Å². The summed E-state index contributed by atoms with van der Waals surface area (Å²) in [5.74, 6) is 0.358. The minimum absolute atomic E-state index is 0.0519. The Labute approximate surface area is 114 Å². The molecular formula is C17H20N2. The van der Waals surface area contributed by atoms with E-state index in [9.17, 15) is 0 Å². The van der Waals surface area contributed by atoms with Crippen molar-refractivity contribution in [2.75, 3.05) is 0 Å². The van der Waals surface area contributed by atoms with Crippen LogP contribution in [0.25, 0.3) is 0 Å². The average molecular weight is 252 g/mol. The van der Waals surface area contributed by atoms with Crippen LogP contribution in [0.1, 0.15) is 46.3 Å². The van der Waals surface area contributed by atoms with Gasteiger partial charge in [0.05, 0.1) is 0 Å². The number of hydrogen-bond acceptors (Lipinski definition) is 2. The zero-order valence-corrected chi connectivity index (χ0v) is 11.6. The quantitative estimate of drug-likeness (QED) is 0.889. The fourth-order valence-corrected chi connectivity index (χ4v) is 3.13. The van der Waals surface area contributed by atoms with Gasteiger partial charge in [0.25, 0.3) is 0 Å². The molecule has 2 N–H and O–H groups in total. The Morgan fingerprint density at radius 1 is 1.26 bits per heavy atom. The van der Waals surface area contributed by atoms with Gasteiger partial charge in [-0.2, -0.15) is 0 Å². The third-order valence-corrected chi connectivity index (χ3v) is 4.23. The van der Waals surface area contributed by atoms with Crippen molar-refractivity contribution in [2.24, 2.45) is 5.73 Å². The molecule has 98 valence electrons. The Morgan fingerprint density at radius 3 is 2.95 bits per heavy atom. The summed E-state index contributed by atoms with van der Waals surface area (Å²) in [4.78, 5) is 4.56. The highest BCUT2D eigenvalue weighted by Gasteiger charge is 2.30. The molecule has 1 aromatic carbocycles. The number of benzene rings is 1. The van der Waals surface area contributed by atoms with Gasteiger partial charge in [-0.05, 0) is 49.4 Å². The smallest absolute Gasteiger partial charge is 0.0485 e. The van der Waals surface area contributed by atoms with Crippen molar-refractivity contribution in [3.05, 3.63) is 64.5 Å². The second-order valence-corrected chi connectivity index (χ2v) is 5.58. The molecule has 0 fully saturated rings. The van der Waals surface area contributed by atoms with E-state index in [1.807, 2.05) is 12.3 Å². The summed E-state index contributed by atoms with van der Waals surface area (Å²) in [6.07, 6.45) is 4.10. The van der Waals surface area contributed by atoms with Crippen molar-refractivity contribution >= 4 is 0 Å². The number of aromatic nitrogens is 1. The van der Waals surface area contributed by atoms with E-state index in [4.69, 9.17) is 5.73 Å². The predicted octanol–water partition coefficient (Wildman–Crippen LogP) is 3.43. The number of nitrogens with two attached hydrogens (primary N) is 1. The van der Waals surface area contributed by atoms with Gasteiger partial charge in [-0.15, -0.1) is 0 Å². The van der Waals surface area contributed by atoms with Crippen LogP contribution in [0.2, 0.25) is 0 Å². The van der Waals surface area contributed by atoms with E-state index in [0.29, 0.717) is 5.92 Å². The van der Waals surface area contributed by atoms with Gasteiger partial charge in [-0.3, -0.25) is 4.98 Å². The van der Waals surface area contributed by atoms with E-state index in [1.165, 1.54) is 27.9 Å². The van der Waals surface area contributed by atoms with E-state index in [2.05, 4.69) is 43.1 Å². The number of aryl methyl sites for hydroxylation is 3. The van der Waals surface area contributed by atoms with Crippen molar-refractivity contribution < 1.29 is 0 Å². The highest BCUT2D eigenvalue weighted by molar-refractivity contribution is 5.38. The van der Waals surface area contributed by atoms with E-state index in [0.717, 1.165) is 12.8 Å². The molecular weight excluding hydrogens is 232 g/mol. The molecule has 2 atom stereocenters. The Kier molecular flexibility index (Phi) is 3.11. The highest BCUT2D eigenvalue weighted by Crippen LogP contribution is 2.39. The van der Waals surface area contributed by atoms with Crippen molar-refractivity contribution in [3.63, 3.8) is 0 Å². The molecule has 1 aliphatic rings. The molecule has 2 aromatic rings. The molecule has 0 radical (unpaired) electrons. The maximum Gasteiger partial charge on any atom is 0.0485 e. The van der Waals surface area contributed by atoms with Crippen molar-refractivity contribution in [1.29, 1.82) is 0 Å². The van der Waals surface area contributed by atoms with Gasteiger partial charge in [0.1, 0.15) is 0 Å². The summed E-state index contributed by atoms with van der Waals surface area (Å²) in [5.41, 5.74) is 12.9. The Balaban J connectivity index is 1.97. The zero-order chi connectivity index (χ0) is 13.4. The SMILES string of the molecule is Cc1ccc(C)c(C(N)C2CCc3cccnc32)c1. The van der Waals surface area contributed by atoms with Crippen LogP contribution in [0.3, 0.4) is 0 Å². The molecule has 1 aliphatic carbocycles. The third-order valence-electron chi connectivity index (χ3n) is 4.23. The molecule has 2 heteroatoms. The monoisotopic (exact) mass is 252 g/mol. The molecule has 3 rings (SSSR count). The van der Waals surface area contributed by atoms with Gasteiger partial charge >= 0.3 is 0 Å². The van der Waals surface area contributed by atoms with Crippen LogP contribution in [0.4, 0.5) is 0 Å². The van der Waals surface area contributed by atoms with Crippen LogP contribution >= 0.6 is 0 Å². The maximum atomic E-state index is 6.54. The fraction of sp³-hybridized carbons (Fsp3) is 0.353. The van der Waals surface area contributed by atoms with Crippen molar-refractivity contribution in [1.82, 2.24) is 4.98 Å². The van der Waals surface area contributed by atoms with Crippen LogP contribution in [0, 0.1) is 13.8 Å². The predicted molar refractivity (Wildman–Crippen MR) is 78.1 cm³/mol. The van der Waals surface area contributed by atoms with Gasteiger partial charge in [-0.1, -0.05) is 29.8 Å². The van der Waals surface area contributed by atoms with Gasteiger partial charge in [-0.25, -0.2) is 0 Å². The van der Waals surface area contributed by atoms with E-state index in [-0.39, 0.29) is 6.04 Å². The van der Waals surface area contributed by atoms with Crippen LogP contribution in [-0.2, 0) is 6.42 Å². The van der Waals surface area contributed by atoms with Gasteiger partial charge in [0, 0.05) is 23.9 Å². The lowest BCUT2D eigenvalue weighted by atomic mass is 9.88. The van der Waals surface area contributed by atoms with Crippen molar-refractivity contribution in [2.45, 2.75) is 38.6 Å². The van der Waals surface area contributed by atoms with Crippen LogP contribution < -0.4 is 5.73 Å². The lowest BCUT2D eigenvalue weighted by Gasteiger charge is -2.22. The lowest BCUT2D eigenvalue weighted by Crippen LogP contribution is -2.20. The third kappa shape index (κ3) is 2.17. The zero-order valence-electron chi connectivity index (χ0n) is 11.6. The molecule has 2 unspecified atom stereocenters. The summed E-state index contributed by atoms with van der Waals surface area (Å²) in [6, 6.07) is 10.8. The molecule has 2 nitrogen and oxygen atoms in total. The minimum Gasteiger partial charge on any atom is -0.323 e. The van der Waals surface area contributed by atoms with Crippen LogP contribution in [0.15, 0.2) is 36.5 Å². The topological polar surface area (TPSA) is 38.9 Å². The van der Waals surface area contributed by atoms with Gasteiger partial charge in [0.15, 0.2) is 0 Å². The first-order valence-corrected chi connectivity index (χ1v) is 6.93. The maximum absolute atomic E-state index is 6.54. The number of pyridine rings is 1. The normalized spacial score (nSPS) is 19.2. The Hall–Kier alpha value is -1.67. The number of nitrogens with zero attached hydrogens (tertiary/aromatic N) is 1. The number of fused-ring (bicyclic) bond motifs is 1. The van der Waals surface area contributed by atoms with E-state index in [1.54, 1.807) is 0 Å². The fourth-order valence-electron chi connectivity index (χ4n) is 3.13. The average Bonchev–Trinajstić information content (AvgIpc) is 2.84. The molecule has 0 bridgehead atoms. The first-order valence-electron chi connectivity index (χ1n) is 6.93. The molecule has 0 spiro atoms. The van der Waals surface area contributed by atoms with Gasteiger partial charge in [0.2, 0.25) is 0 Å². The molecule has 0 amide bonds. The summed E-state index contributed by atoms with van der Waals surface area (Å²) in [7, 11) is 0. The molecule has 1 heterocycles. The summed E-state index contributed by atoms with van der Waals surface area (Å²) in [5, 5.41) is 0. The summed E-state index contributed by atoms with van der Waals surface area (Å²) >= 11 is 0.